The second-order valence-corrected chi connectivity index (χ2v) is 9.59. The summed E-state index contributed by atoms with van der Waals surface area (Å²) < 4.78 is 1.68. The van der Waals surface area contributed by atoms with Gasteiger partial charge in [0, 0.05) is 19.0 Å². The van der Waals surface area contributed by atoms with E-state index < -0.39 is 0 Å². The van der Waals surface area contributed by atoms with Crippen molar-refractivity contribution in [2.24, 2.45) is 0 Å². The van der Waals surface area contributed by atoms with E-state index in [1.54, 1.807) is 4.68 Å². The van der Waals surface area contributed by atoms with E-state index in [1.807, 2.05) is 62.1 Å². The molecule has 0 aliphatic carbocycles. The van der Waals surface area contributed by atoms with E-state index in [4.69, 9.17) is 4.98 Å². The SMILES string of the molecule is Cc1ccc(Cn2nnc3c(=O)[nH]c(C4CCN(C(=O)C(C)c5ccc(C)cc5)CC4)nc32)cc1. The zero-order valence-electron chi connectivity index (χ0n) is 20.4. The van der Waals surface area contributed by atoms with E-state index >= 15 is 0 Å². The molecular weight excluding hydrogens is 440 g/mol. The van der Waals surface area contributed by atoms with Gasteiger partial charge in [0.25, 0.3) is 5.56 Å². The van der Waals surface area contributed by atoms with Crippen LogP contribution in [-0.4, -0.2) is 48.9 Å². The van der Waals surface area contributed by atoms with Crippen molar-refractivity contribution in [1.82, 2.24) is 29.9 Å². The summed E-state index contributed by atoms with van der Waals surface area (Å²) in [7, 11) is 0. The second kappa shape index (κ2) is 9.44. The third-order valence-electron chi connectivity index (χ3n) is 6.99. The van der Waals surface area contributed by atoms with Gasteiger partial charge in [-0.05, 0) is 44.7 Å². The van der Waals surface area contributed by atoms with Crippen molar-refractivity contribution in [1.29, 1.82) is 0 Å². The lowest BCUT2D eigenvalue weighted by molar-refractivity contribution is -0.133. The number of aryl methyl sites for hydroxylation is 2. The lowest BCUT2D eigenvalue weighted by Gasteiger charge is -2.33. The summed E-state index contributed by atoms with van der Waals surface area (Å²) in [5, 5.41) is 8.24. The number of fused-ring (bicyclic) bond motifs is 1. The highest BCUT2D eigenvalue weighted by atomic mass is 16.2. The van der Waals surface area contributed by atoms with Crippen LogP contribution in [0.1, 0.15) is 59.7 Å². The lowest BCUT2D eigenvalue weighted by atomic mass is 9.93. The number of hydrogen-bond donors (Lipinski definition) is 1. The highest BCUT2D eigenvalue weighted by Gasteiger charge is 2.29. The first-order valence-corrected chi connectivity index (χ1v) is 12.1. The maximum atomic E-state index is 13.1. The van der Waals surface area contributed by atoms with Gasteiger partial charge in [0.15, 0.2) is 11.2 Å². The summed E-state index contributed by atoms with van der Waals surface area (Å²) in [6, 6.07) is 16.3. The molecule has 1 saturated heterocycles. The minimum Gasteiger partial charge on any atom is -0.342 e. The van der Waals surface area contributed by atoms with Gasteiger partial charge in [0.1, 0.15) is 5.82 Å². The third kappa shape index (κ3) is 4.73. The molecule has 0 spiro atoms. The van der Waals surface area contributed by atoms with Crippen LogP contribution < -0.4 is 5.56 Å². The fraction of sp³-hybridized carbons (Fsp3) is 0.370. The Hall–Kier alpha value is -3.81. The molecule has 4 aromatic rings. The molecule has 0 saturated carbocycles. The van der Waals surface area contributed by atoms with Crippen LogP contribution in [0, 0.1) is 13.8 Å². The first-order valence-electron chi connectivity index (χ1n) is 12.1. The number of rotatable bonds is 5. The molecule has 1 amide bonds. The summed E-state index contributed by atoms with van der Waals surface area (Å²) in [4.78, 5) is 35.4. The Labute approximate surface area is 204 Å². The van der Waals surface area contributed by atoms with Crippen LogP contribution in [-0.2, 0) is 11.3 Å². The molecule has 2 aromatic carbocycles. The van der Waals surface area contributed by atoms with Gasteiger partial charge in [-0.1, -0.05) is 64.9 Å². The summed E-state index contributed by atoms with van der Waals surface area (Å²) in [6.45, 7) is 7.84. The molecule has 1 aliphatic heterocycles. The summed E-state index contributed by atoms with van der Waals surface area (Å²) in [5.74, 6) is 0.690. The molecule has 1 unspecified atom stereocenters. The average Bonchev–Trinajstić information content (AvgIpc) is 3.28. The predicted molar refractivity (Wildman–Crippen MR) is 134 cm³/mol. The number of nitrogens with one attached hydrogen (secondary N) is 1. The zero-order chi connectivity index (χ0) is 24.5. The van der Waals surface area contributed by atoms with Crippen LogP contribution >= 0.6 is 0 Å². The fourth-order valence-corrected chi connectivity index (χ4v) is 4.69. The van der Waals surface area contributed by atoms with Crippen molar-refractivity contribution in [3.8, 4) is 0 Å². The predicted octanol–water partition coefficient (Wildman–Crippen LogP) is 3.69. The molecule has 8 heteroatoms. The Morgan fingerprint density at radius 2 is 1.66 bits per heavy atom. The van der Waals surface area contributed by atoms with Crippen molar-refractivity contribution >= 4 is 17.1 Å². The Bertz CT molecular complexity index is 1400. The van der Waals surface area contributed by atoms with Gasteiger partial charge in [-0.15, -0.1) is 5.10 Å². The summed E-state index contributed by atoms with van der Waals surface area (Å²) in [5.41, 5.74) is 4.95. The Morgan fingerprint density at radius 3 is 2.31 bits per heavy atom. The van der Waals surface area contributed by atoms with Gasteiger partial charge in [0.05, 0.1) is 12.5 Å². The first kappa shape index (κ1) is 23.0. The minimum atomic E-state index is -0.272. The molecule has 35 heavy (non-hydrogen) atoms. The number of likely N-dealkylation sites (tertiary alicyclic amines) is 1. The van der Waals surface area contributed by atoms with Crippen molar-refractivity contribution in [3.05, 3.63) is 87.0 Å². The number of piperidine rings is 1. The first-order chi connectivity index (χ1) is 16.9. The quantitative estimate of drug-likeness (QED) is 0.480. The van der Waals surface area contributed by atoms with Gasteiger partial charge in [-0.2, -0.15) is 0 Å². The molecule has 180 valence electrons. The monoisotopic (exact) mass is 470 g/mol. The molecule has 1 fully saturated rings. The molecule has 3 heterocycles. The van der Waals surface area contributed by atoms with Crippen LogP contribution in [0.3, 0.4) is 0 Å². The number of aromatic nitrogens is 5. The number of hydrogen-bond acceptors (Lipinski definition) is 5. The van der Waals surface area contributed by atoms with E-state index in [0.29, 0.717) is 31.1 Å². The van der Waals surface area contributed by atoms with E-state index in [1.165, 1.54) is 11.1 Å². The van der Waals surface area contributed by atoms with Crippen LogP contribution in [0.15, 0.2) is 53.3 Å². The summed E-state index contributed by atoms with van der Waals surface area (Å²) in [6.07, 6.45) is 1.50. The molecular formula is C27H30N6O2. The molecule has 2 aromatic heterocycles. The molecule has 0 bridgehead atoms. The zero-order valence-corrected chi connectivity index (χ0v) is 20.4. The molecule has 8 nitrogen and oxygen atoms in total. The van der Waals surface area contributed by atoms with Crippen molar-refractivity contribution in [2.75, 3.05) is 13.1 Å². The number of benzene rings is 2. The molecule has 1 N–H and O–H groups in total. The maximum absolute atomic E-state index is 13.1. The minimum absolute atomic E-state index is 0.0774. The summed E-state index contributed by atoms with van der Waals surface area (Å²) >= 11 is 0. The number of aromatic amines is 1. The van der Waals surface area contributed by atoms with Gasteiger partial charge < -0.3 is 9.88 Å². The van der Waals surface area contributed by atoms with Gasteiger partial charge in [-0.25, -0.2) is 9.67 Å². The Balaban J connectivity index is 1.30. The highest BCUT2D eigenvalue weighted by Crippen LogP contribution is 2.28. The number of carbonyl (C=O) groups excluding carboxylic acids is 1. The van der Waals surface area contributed by atoms with E-state index in [2.05, 4.69) is 27.4 Å². The third-order valence-corrected chi connectivity index (χ3v) is 6.99. The Morgan fingerprint density at radius 1 is 1.03 bits per heavy atom. The maximum Gasteiger partial charge on any atom is 0.281 e. The Kier molecular flexibility index (Phi) is 6.19. The van der Waals surface area contributed by atoms with Gasteiger partial charge in [-0.3, -0.25) is 9.59 Å². The number of nitrogens with zero attached hydrogens (tertiary/aromatic N) is 5. The van der Waals surface area contributed by atoms with Crippen LogP contribution in [0.25, 0.3) is 11.2 Å². The van der Waals surface area contributed by atoms with E-state index in [9.17, 15) is 9.59 Å². The van der Waals surface area contributed by atoms with Crippen LogP contribution in [0.4, 0.5) is 0 Å². The largest absolute Gasteiger partial charge is 0.342 e. The van der Waals surface area contributed by atoms with Crippen molar-refractivity contribution < 1.29 is 4.79 Å². The van der Waals surface area contributed by atoms with Gasteiger partial charge in [0.2, 0.25) is 5.91 Å². The normalized spacial score (nSPS) is 15.5. The fourth-order valence-electron chi connectivity index (χ4n) is 4.69. The van der Waals surface area contributed by atoms with Crippen molar-refractivity contribution in [2.45, 2.75) is 52.0 Å². The molecule has 0 radical (unpaired) electrons. The topological polar surface area (TPSA) is 96.8 Å². The smallest absolute Gasteiger partial charge is 0.281 e. The average molecular weight is 471 g/mol. The number of amides is 1. The van der Waals surface area contributed by atoms with E-state index in [0.717, 1.165) is 24.0 Å². The lowest BCUT2D eigenvalue weighted by Crippen LogP contribution is -2.40. The van der Waals surface area contributed by atoms with Crippen LogP contribution in [0.2, 0.25) is 0 Å². The standard InChI is InChI=1S/C27H30N6O2/c1-17-4-8-20(9-5-17)16-33-25-23(30-31-33)26(34)29-24(28-25)22-12-14-32(15-13-22)27(35)19(3)21-10-6-18(2)7-11-21/h4-11,19,22H,12-16H2,1-3H3,(H,28,29,34). The van der Waals surface area contributed by atoms with Crippen LogP contribution in [0.5, 0.6) is 0 Å². The number of H-pyrrole nitrogens is 1. The molecule has 5 rings (SSSR count). The second-order valence-electron chi connectivity index (χ2n) is 9.59. The van der Waals surface area contributed by atoms with Crippen molar-refractivity contribution in [3.63, 3.8) is 0 Å². The highest BCUT2D eigenvalue weighted by molar-refractivity contribution is 5.83. The van der Waals surface area contributed by atoms with E-state index in [-0.39, 0.29) is 28.8 Å². The van der Waals surface area contributed by atoms with Gasteiger partial charge >= 0.3 is 0 Å². The molecule has 1 aliphatic rings. The molecule has 1 atom stereocenters. The number of carbonyl (C=O) groups is 1.